The van der Waals surface area contributed by atoms with E-state index in [1.807, 2.05) is 13.0 Å². The summed E-state index contributed by atoms with van der Waals surface area (Å²) in [6.45, 7) is 2.05. The van der Waals surface area contributed by atoms with Crippen molar-refractivity contribution >= 4 is 33.7 Å². The van der Waals surface area contributed by atoms with Gasteiger partial charge in [0, 0.05) is 15.1 Å². The number of aryl methyl sites for hydroxylation is 1. The van der Waals surface area contributed by atoms with Gasteiger partial charge in [-0.1, -0.05) is 45.8 Å². The number of aromatic carboxylic acids is 1. The second-order valence-electron chi connectivity index (χ2n) is 4.22. The Bertz CT molecular complexity index is 594. The molecule has 0 heterocycles. The summed E-state index contributed by atoms with van der Waals surface area (Å²) in [5.74, 6) is -0.129. The molecule has 0 saturated heterocycles. The molecule has 98 valence electrons. The molecule has 0 bridgehead atoms. The van der Waals surface area contributed by atoms with Gasteiger partial charge in [0.25, 0.3) is 0 Å². The Morgan fingerprint density at radius 2 is 1.89 bits per heavy atom. The third kappa shape index (κ3) is 3.85. The summed E-state index contributed by atoms with van der Waals surface area (Å²) in [5, 5.41) is 9.16. The van der Waals surface area contributed by atoms with Crippen LogP contribution in [-0.4, -0.2) is 11.1 Å². The normalized spacial score (nSPS) is 10.4. The molecule has 0 aliphatic rings. The summed E-state index contributed by atoms with van der Waals surface area (Å²) in [6.07, 6.45) is 0. The van der Waals surface area contributed by atoms with Gasteiger partial charge in [-0.25, -0.2) is 4.79 Å². The third-order valence-corrected chi connectivity index (χ3v) is 4.31. The molecular weight excluding hydrogens is 324 g/mol. The molecule has 1 N–H and O–H groups in total. The molecule has 0 amide bonds. The number of carboxylic acids is 1. The Labute approximate surface area is 125 Å². The zero-order valence-electron chi connectivity index (χ0n) is 10.4. The lowest BCUT2D eigenvalue weighted by atomic mass is 10.2. The summed E-state index contributed by atoms with van der Waals surface area (Å²) in [6, 6.07) is 13.5. The van der Waals surface area contributed by atoms with Crippen LogP contribution in [0.3, 0.4) is 0 Å². The van der Waals surface area contributed by atoms with Crippen LogP contribution in [0.15, 0.2) is 51.8 Å². The van der Waals surface area contributed by atoms with Crippen LogP contribution in [0.4, 0.5) is 0 Å². The first kappa shape index (κ1) is 14.2. The van der Waals surface area contributed by atoms with E-state index in [0.717, 1.165) is 15.1 Å². The number of halogens is 1. The maximum Gasteiger partial charge on any atom is 0.336 e. The minimum absolute atomic E-state index is 0.348. The molecule has 4 heteroatoms. The van der Waals surface area contributed by atoms with E-state index in [1.54, 1.807) is 12.1 Å². The molecule has 0 atom stereocenters. The van der Waals surface area contributed by atoms with E-state index in [4.69, 9.17) is 5.11 Å². The van der Waals surface area contributed by atoms with Gasteiger partial charge in [-0.05, 0) is 30.7 Å². The summed E-state index contributed by atoms with van der Waals surface area (Å²) in [5.41, 5.74) is 2.76. The zero-order chi connectivity index (χ0) is 13.8. The van der Waals surface area contributed by atoms with E-state index in [0.29, 0.717) is 5.56 Å². The predicted octanol–water partition coefficient (Wildman–Crippen LogP) is 4.75. The van der Waals surface area contributed by atoms with Crippen LogP contribution in [0.2, 0.25) is 0 Å². The number of thioether (sulfide) groups is 1. The molecule has 0 aromatic heterocycles. The van der Waals surface area contributed by atoms with Gasteiger partial charge in [-0.15, -0.1) is 11.8 Å². The topological polar surface area (TPSA) is 37.3 Å². The first-order valence-electron chi connectivity index (χ1n) is 5.77. The fraction of sp³-hybridized carbons (Fsp3) is 0.133. The van der Waals surface area contributed by atoms with E-state index in [-0.39, 0.29) is 0 Å². The largest absolute Gasteiger partial charge is 0.478 e. The lowest BCUT2D eigenvalue weighted by Crippen LogP contribution is -1.98. The van der Waals surface area contributed by atoms with Gasteiger partial charge in [-0.2, -0.15) is 0 Å². The highest BCUT2D eigenvalue weighted by Gasteiger charge is 2.10. The average molecular weight is 337 g/mol. The average Bonchev–Trinajstić information content (AvgIpc) is 2.38. The van der Waals surface area contributed by atoms with Gasteiger partial charge in [0.1, 0.15) is 0 Å². The highest BCUT2D eigenvalue weighted by molar-refractivity contribution is 9.10. The van der Waals surface area contributed by atoms with Gasteiger partial charge in [0.2, 0.25) is 0 Å². The Hall–Kier alpha value is -1.26. The highest BCUT2D eigenvalue weighted by Crippen LogP contribution is 2.29. The molecule has 2 nitrogen and oxygen atoms in total. The monoisotopic (exact) mass is 336 g/mol. The molecule has 0 aliphatic heterocycles. The van der Waals surface area contributed by atoms with Crippen molar-refractivity contribution in [3.63, 3.8) is 0 Å². The summed E-state index contributed by atoms with van der Waals surface area (Å²) in [4.78, 5) is 11.9. The second kappa shape index (κ2) is 6.26. The fourth-order valence-corrected chi connectivity index (χ4v) is 3.19. The van der Waals surface area contributed by atoms with Gasteiger partial charge < -0.3 is 5.11 Å². The smallest absolute Gasteiger partial charge is 0.336 e. The highest BCUT2D eigenvalue weighted by atomic mass is 79.9. The van der Waals surface area contributed by atoms with Crippen molar-refractivity contribution in [1.29, 1.82) is 0 Å². The van der Waals surface area contributed by atoms with E-state index >= 15 is 0 Å². The quantitative estimate of drug-likeness (QED) is 0.818. The maximum atomic E-state index is 11.2. The Morgan fingerprint density at radius 3 is 2.53 bits per heavy atom. The van der Waals surface area contributed by atoms with Gasteiger partial charge >= 0.3 is 5.97 Å². The van der Waals surface area contributed by atoms with Crippen LogP contribution >= 0.6 is 27.7 Å². The minimum Gasteiger partial charge on any atom is -0.478 e. The lowest BCUT2D eigenvalue weighted by Gasteiger charge is -2.07. The SMILES string of the molecule is Cc1ccc(CSc2cc(Br)ccc2C(=O)O)cc1. The zero-order valence-corrected chi connectivity index (χ0v) is 12.8. The van der Waals surface area contributed by atoms with Gasteiger partial charge in [0.15, 0.2) is 0 Å². The van der Waals surface area contributed by atoms with E-state index < -0.39 is 5.97 Å². The van der Waals surface area contributed by atoms with Crippen molar-refractivity contribution < 1.29 is 9.90 Å². The van der Waals surface area contributed by atoms with Crippen LogP contribution in [0.25, 0.3) is 0 Å². The van der Waals surface area contributed by atoms with E-state index in [1.165, 1.54) is 22.9 Å². The predicted molar refractivity (Wildman–Crippen MR) is 81.8 cm³/mol. The molecule has 2 aromatic carbocycles. The number of hydrogen-bond donors (Lipinski definition) is 1. The lowest BCUT2D eigenvalue weighted by molar-refractivity contribution is 0.0693. The molecule has 0 fully saturated rings. The first-order chi connectivity index (χ1) is 9.06. The van der Waals surface area contributed by atoms with Crippen LogP contribution in [-0.2, 0) is 5.75 Å². The molecule has 0 radical (unpaired) electrons. The van der Waals surface area contributed by atoms with E-state index in [2.05, 4.69) is 40.2 Å². The van der Waals surface area contributed by atoms with Crippen molar-refractivity contribution in [3.05, 3.63) is 63.6 Å². The van der Waals surface area contributed by atoms with Crippen molar-refractivity contribution in [3.8, 4) is 0 Å². The van der Waals surface area contributed by atoms with Crippen molar-refractivity contribution in [2.45, 2.75) is 17.6 Å². The van der Waals surface area contributed by atoms with Crippen molar-refractivity contribution in [1.82, 2.24) is 0 Å². The Balaban J connectivity index is 2.16. The van der Waals surface area contributed by atoms with Crippen LogP contribution in [0, 0.1) is 6.92 Å². The summed E-state index contributed by atoms with van der Waals surface area (Å²) in [7, 11) is 0. The van der Waals surface area contributed by atoms with Crippen molar-refractivity contribution in [2.24, 2.45) is 0 Å². The van der Waals surface area contributed by atoms with Gasteiger partial charge in [-0.3, -0.25) is 0 Å². The molecular formula is C15H13BrO2S. The number of hydrogen-bond acceptors (Lipinski definition) is 2. The number of carboxylic acid groups (broad SMARTS) is 1. The third-order valence-electron chi connectivity index (χ3n) is 2.69. The standard InChI is InChI=1S/C15H13BrO2S/c1-10-2-4-11(5-3-10)9-19-14-8-12(16)6-7-13(14)15(17)18/h2-8H,9H2,1H3,(H,17,18). The van der Waals surface area contributed by atoms with Crippen LogP contribution < -0.4 is 0 Å². The fourth-order valence-electron chi connectivity index (χ4n) is 1.64. The van der Waals surface area contributed by atoms with E-state index in [9.17, 15) is 4.79 Å². The number of rotatable bonds is 4. The van der Waals surface area contributed by atoms with Crippen LogP contribution in [0.5, 0.6) is 0 Å². The molecule has 0 spiro atoms. The molecule has 0 saturated carbocycles. The number of benzene rings is 2. The molecule has 0 unspecified atom stereocenters. The maximum absolute atomic E-state index is 11.2. The molecule has 0 aliphatic carbocycles. The van der Waals surface area contributed by atoms with Gasteiger partial charge in [0.05, 0.1) is 5.56 Å². The second-order valence-corrected chi connectivity index (χ2v) is 6.15. The Morgan fingerprint density at radius 1 is 1.21 bits per heavy atom. The molecule has 2 aromatic rings. The summed E-state index contributed by atoms with van der Waals surface area (Å²) >= 11 is 4.91. The molecule has 19 heavy (non-hydrogen) atoms. The number of carbonyl (C=O) groups is 1. The van der Waals surface area contributed by atoms with Crippen LogP contribution in [0.1, 0.15) is 21.5 Å². The minimum atomic E-state index is -0.890. The Kier molecular flexibility index (Phi) is 4.66. The summed E-state index contributed by atoms with van der Waals surface area (Å²) < 4.78 is 0.893. The molecule has 2 rings (SSSR count). The van der Waals surface area contributed by atoms with Crippen molar-refractivity contribution in [2.75, 3.05) is 0 Å². The first-order valence-corrected chi connectivity index (χ1v) is 7.55.